The number of benzene rings is 2. The van der Waals surface area contributed by atoms with Crippen molar-refractivity contribution in [3.05, 3.63) is 63.6 Å². The lowest BCUT2D eigenvalue weighted by Crippen LogP contribution is -2.32. The molecule has 28 heavy (non-hydrogen) atoms. The molecule has 0 aromatic heterocycles. The summed E-state index contributed by atoms with van der Waals surface area (Å²) in [4.78, 5) is 49.2. The molecule has 1 aliphatic heterocycles. The number of rotatable bonds is 6. The average Bonchev–Trinajstić information content (AvgIpc) is 2.92. The van der Waals surface area contributed by atoms with E-state index in [9.17, 15) is 19.2 Å². The molecule has 144 valence electrons. The molecule has 1 heterocycles. The Morgan fingerprint density at radius 3 is 2.07 bits per heavy atom. The summed E-state index contributed by atoms with van der Waals surface area (Å²) >= 11 is 11.9. The van der Waals surface area contributed by atoms with Gasteiger partial charge in [-0.1, -0.05) is 41.4 Å². The maximum atomic E-state index is 12.2. The molecule has 0 aliphatic carbocycles. The number of fused-ring (bicyclic) bond motifs is 1. The lowest BCUT2D eigenvalue weighted by molar-refractivity contribution is -0.147. The van der Waals surface area contributed by atoms with E-state index in [0.717, 1.165) is 4.90 Å². The fourth-order valence-corrected chi connectivity index (χ4v) is 3.15. The molecule has 0 radical (unpaired) electrons. The standard InChI is InChI=1S/C19H14Cl2N2O5/c20-13-6-3-7-14(21)17(13)22-15(24)10-28-16(25)8-9-23-18(26)11-4-1-2-5-12(11)19(23)27/h1-7H,8-10H2,(H,22,24). The van der Waals surface area contributed by atoms with Gasteiger partial charge in [-0.3, -0.25) is 24.1 Å². The highest BCUT2D eigenvalue weighted by atomic mass is 35.5. The quantitative estimate of drug-likeness (QED) is 0.572. The van der Waals surface area contributed by atoms with Gasteiger partial charge in [0.15, 0.2) is 6.61 Å². The number of amides is 3. The Labute approximate surface area is 170 Å². The van der Waals surface area contributed by atoms with Crippen molar-refractivity contribution in [2.45, 2.75) is 6.42 Å². The second kappa shape index (κ2) is 8.41. The van der Waals surface area contributed by atoms with Crippen LogP contribution >= 0.6 is 23.2 Å². The molecule has 1 N–H and O–H groups in total. The smallest absolute Gasteiger partial charge is 0.308 e. The van der Waals surface area contributed by atoms with Crippen LogP contribution in [0.5, 0.6) is 0 Å². The van der Waals surface area contributed by atoms with Gasteiger partial charge in [-0.15, -0.1) is 0 Å². The van der Waals surface area contributed by atoms with Gasteiger partial charge in [-0.25, -0.2) is 0 Å². The van der Waals surface area contributed by atoms with E-state index in [4.69, 9.17) is 27.9 Å². The Kier molecular flexibility index (Phi) is 5.96. The number of para-hydroxylation sites is 1. The van der Waals surface area contributed by atoms with Crippen LogP contribution in [0.25, 0.3) is 0 Å². The van der Waals surface area contributed by atoms with Gasteiger partial charge in [0, 0.05) is 6.54 Å². The molecule has 0 saturated carbocycles. The molecule has 3 amide bonds. The molecule has 0 saturated heterocycles. The lowest BCUT2D eigenvalue weighted by atomic mass is 10.1. The highest BCUT2D eigenvalue weighted by molar-refractivity contribution is 6.39. The molecule has 0 atom stereocenters. The van der Waals surface area contributed by atoms with Gasteiger partial charge in [0.1, 0.15) is 0 Å². The first-order chi connectivity index (χ1) is 13.4. The summed E-state index contributed by atoms with van der Waals surface area (Å²) in [7, 11) is 0. The minimum absolute atomic E-state index is 0.136. The molecule has 0 bridgehead atoms. The van der Waals surface area contributed by atoms with Crippen LogP contribution in [-0.4, -0.2) is 41.7 Å². The van der Waals surface area contributed by atoms with Crippen molar-refractivity contribution >= 4 is 52.6 Å². The molecule has 3 rings (SSSR count). The SMILES string of the molecule is O=C(COC(=O)CCN1C(=O)c2ccccc2C1=O)Nc1c(Cl)cccc1Cl. The molecular weight excluding hydrogens is 407 g/mol. The number of anilines is 1. The van der Waals surface area contributed by atoms with Crippen LogP contribution in [0.3, 0.4) is 0 Å². The summed E-state index contributed by atoms with van der Waals surface area (Å²) in [5.74, 6) is -2.26. The van der Waals surface area contributed by atoms with Gasteiger partial charge >= 0.3 is 5.97 Å². The first-order valence-corrected chi connectivity index (χ1v) is 8.99. The Balaban J connectivity index is 1.48. The van der Waals surface area contributed by atoms with Gasteiger partial charge in [-0.05, 0) is 24.3 Å². The van der Waals surface area contributed by atoms with Crippen molar-refractivity contribution in [1.29, 1.82) is 0 Å². The number of hydrogen-bond acceptors (Lipinski definition) is 5. The number of ether oxygens (including phenoxy) is 1. The molecular formula is C19H14Cl2N2O5. The number of halogens is 2. The maximum Gasteiger partial charge on any atom is 0.308 e. The minimum Gasteiger partial charge on any atom is -0.456 e. The molecule has 0 spiro atoms. The fourth-order valence-electron chi connectivity index (χ4n) is 2.66. The Bertz CT molecular complexity index is 921. The molecule has 0 fully saturated rings. The van der Waals surface area contributed by atoms with Crippen LogP contribution < -0.4 is 5.32 Å². The maximum absolute atomic E-state index is 12.2. The summed E-state index contributed by atoms with van der Waals surface area (Å²) in [6.07, 6.45) is -0.231. The van der Waals surface area contributed by atoms with Crippen LogP contribution in [-0.2, 0) is 14.3 Å². The third kappa shape index (κ3) is 4.16. The highest BCUT2D eigenvalue weighted by Crippen LogP contribution is 2.29. The number of esters is 1. The summed E-state index contributed by atoms with van der Waals surface area (Å²) in [6.45, 7) is -0.689. The molecule has 7 nitrogen and oxygen atoms in total. The second-order valence-corrected chi connectivity index (χ2v) is 6.68. The molecule has 2 aromatic rings. The van der Waals surface area contributed by atoms with Gasteiger partial charge < -0.3 is 10.1 Å². The van der Waals surface area contributed by atoms with Crippen LogP contribution in [0, 0.1) is 0 Å². The minimum atomic E-state index is -0.725. The Morgan fingerprint density at radius 2 is 1.50 bits per heavy atom. The van der Waals surface area contributed by atoms with Crippen LogP contribution in [0.4, 0.5) is 5.69 Å². The number of imide groups is 1. The number of nitrogens with one attached hydrogen (secondary N) is 1. The lowest BCUT2D eigenvalue weighted by Gasteiger charge is -2.13. The van der Waals surface area contributed by atoms with E-state index in [1.807, 2.05) is 0 Å². The topological polar surface area (TPSA) is 92.8 Å². The molecule has 1 aliphatic rings. The first kappa shape index (κ1) is 19.9. The van der Waals surface area contributed by atoms with Gasteiger partial charge in [-0.2, -0.15) is 0 Å². The zero-order chi connectivity index (χ0) is 20.3. The Morgan fingerprint density at radius 1 is 0.929 bits per heavy atom. The predicted octanol–water partition coefficient (Wildman–Crippen LogP) is 3.16. The van der Waals surface area contributed by atoms with Crippen LogP contribution in [0.15, 0.2) is 42.5 Å². The summed E-state index contributed by atoms with van der Waals surface area (Å²) in [5.41, 5.74) is 0.826. The summed E-state index contributed by atoms with van der Waals surface area (Å²) in [6, 6.07) is 11.2. The largest absolute Gasteiger partial charge is 0.456 e. The normalized spacial score (nSPS) is 12.7. The number of nitrogens with zero attached hydrogens (tertiary/aromatic N) is 1. The number of hydrogen-bond donors (Lipinski definition) is 1. The third-order valence-corrected chi connectivity index (χ3v) is 4.64. The first-order valence-electron chi connectivity index (χ1n) is 8.23. The number of carbonyl (C=O) groups excluding carboxylic acids is 4. The van der Waals surface area contributed by atoms with Crippen LogP contribution in [0.2, 0.25) is 10.0 Å². The average molecular weight is 421 g/mol. The number of carbonyl (C=O) groups is 4. The van der Waals surface area contributed by atoms with E-state index in [-0.39, 0.29) is 28.7 Å². The molecule has 0 unspecified atom stereocenters. The van der Waals surface area contributed by atoms with E-state index in [1.165, 1.54) is 0 Å². The van der Waals surface area contributed by atoms with Gasteiger partial charge in [0.05, 0.1) is 33.3 Å². The van der Waals surface area contributed by atoms with Crippen molar-refractivity contribution in [1.82, 2.24) is 4.90 Å². The van der Waals surface area contributed by atoms with E-state index in [0.29, 0.717) is 11.1 Å². The predicted molar refractivity (Wildman–Crippen MR) is 102 cm³/mol. The van der Waals surface area contributed by atoms with Gasteiger partial charge in [0.25, 0.3) is 17.7 Å². The third-order valence-electron chi connectivity index (χ3n) is 4.01. The van der Waals surface area contributed by atoms with Crippen molar-refractivity contribution in [3.8, 4) is 0 Å². The zero-order valence-electron chi connectivity index (χ0n) is 14.4. The van der Waals surface area contributed by atoms with Crippen molar-refractivity contribution < 1.29 is 23.9 Å². The van der Waals surface area contributed by atoms with E-state index in [2.05, 4.69) is 5.32 Å². The van der Waals surface area contributed by atoms with Crippen molar-refractivity contribution in [2.75, 3.05) is 18.5 Å². The van der Waals surface area contributed by atoms with Crippen molar-refractivity contribution in [3.63, 3.8) is 0 Å². The van der Waals surface area contributed by atoms with Crippen LogP contribution in [0.1, 0.15) is 27.1 Å². The van der Waals surface area contributed by atoms with E-state index < -0.39 is 30.3 Å². The second-order valence-electron chi connectivity index (χ2n) is 5.86. The van der Waals surface area contributed by atoms with E-state index in [1.54, 1.807) is 42.5 Å². The van der Waals surface area contributed by atoms with Crippen molar-refractivity contribution in [2.24, 2.45) is 0 Å². The monoisotopic (exact) mass is 420 g/mol. The van der Waals surface area contributed by atoms with Gasteiger partial charge in [0.2, 0.25) is 0 Å². The summed E-state index contributed by atoms with van der Waals surface area (Å²) < 4.78 is 4.88. The Hall–Kier alpha value is -2.90. The van der Waals surface area contributed by atoms with E-state index >= 15 is 0 Å². The summed E-state index contributed by atoms with van der Waals surface area (Å²) in [5, 5.41) is 2.95. The molecule has 9 heteroatoms. The fraction of sp³-hybridized carbons (Fsp3) is 0.158. The highest BCUT2D eigenvalue weighted by Gasteiger charge is 2.35. The molecule has 2 aromatic carbocycles. The zero-order valence-corrected chi connectivity index (χ0v) is 15.9.